The van der Waals surface area contributed by atoms with E-state index in [1.54, 1.807) is 12.3 Å². The lowest BCUT2D eigenvalue weighted by atomic mass is 9.77. The van der Waals surface area contributed by atoms with Gasteiger partial charge in [-0.2, -0.15) is 5.26 Å². The predicted octanol–water partition coefficient (Wildman–Crippen LogP) is 1.43. The third kappa shape index (κ3) is 2.43. The van der Waals surface area contributed by atoms with Crippen molar-refractivity contribution in [1.29, 1.82) is 5.26 Å². The topological polar surface area (TPSA) is 55.1 Å². The summed E-state index contributed by atoms with van der Waals surface area (Å²) in [6.45, 7) is 7.89. The lowest BCUT2D eigenvalue weighted by Crippen LogP contribution is -2.41. The Hall–Kier alpha value is -1.82. The van der Waals surface area contributed by atoms with Gasteiger partial charge in [-0.15, -0.1) is 12.3 Å². The van der Waals surface area contributed by atoms with Gasteiger partial charge in [0.1, 0.15) is 0 Å². The minimum atomic E-state index is -0.581. The van der Waals surface area contributed by atoms with Crippen LogP contribution < -0.4 is 5.46 Å². The number of hydrogen-bond donors (Lipinski definition) is 0. The highest BCUT2D eigenvalue weighted by molar-refractivity contribution is 6.62. The molecule has 4 nitrogen and oxygen atoms in total. The highest BCUT2D eigenvalue weighted by atomic mass is 16.7. The van der Waals surface area contributed by atoms with Crippen LogP contribution in [0.15, 0.2) is 12.3 Å². The summed E-state index contributed by atoms with van der Waals surface area (Å²) >= 11 is 0. The van der Waals surface area contributed by atoms with Crippen molar-refractivity contribution in [3.63, 3.8) is 0 Å². The number of pyridine rings is 1. The lowest BCUT2D eigenvalue weighted by Gasteiger charge is -2.32. The van der Waals surface area contributed by atoms with Gasteiger partial charge < -0.3 is 9.31 Å². The normalized spacial score (nSPS) is 19.4. The fourth-order valence-corrected chi connectivity index (χ4v) is 1.97. The van der Waals surface area contributed by atoms with Crippen LogP contribution >= 0.6 is 0 Å². The summed E-state index contributed by atoms with van der Waals surface area (Å²) in [4.78, 5) is 4.26. The van der Waals surface area contributed by atoms with Gasteiger partial charge in [0.25, 0.3) is 0 Å². The maximum atomic E-state index is 9.29. The van der Waals surface area contributed by atoms with Crippen LogP contribution in [0, 0.1) is 23.7 Å². The Balaban J connectivity index is 2.36. The minimum absolute atomic E-state index is 0.401. The molecule has 1 aromatic rings. The Bertz CT molecular complexity index is 595. The van der Waals surface area contributed by atoms with Gasteiger partial charge in [-0.25, -0.2) is 0 Å². The molecule has 0 N–H and O–H groups in total. The Morgan fingerprint density at radius 3 is 2.40 bits per heavy atom. The number of nitrogens with zero attached hydrogens (tertiary/aromatic N) is 2. The molecule has 2 rings (SSSR count). The van der Waals surface area contributed by atoms with Crippen LogP contribution in [-0.2, 0) is 15.7 Å². The highest BCUT2D eigenvalue weighted by Gasteiger charge is 2.52. The van der Waals surface area contributed by atoms with Gasteiger partial charge in [-0.3, -0.25) is 4.98 Å². The van der Waals surface area contributed by atoms with Crippen molar-refractivity contribution in [1.82, 2.24) is 4.98 Å². The summed E-state index contributed by atoms with van der Waals surface area (Å²) in [5.41, 5.74) is 0.948. The molecule has 102 valence electrons. The van der Waals surface area contributed by atoms with Crippen LogP contribution in [0.25, 0.3) is 0 Å². The van der Waals surface area contributed by atoms with Crippen molar-refractivity contribution >= 4 is 12.6 Å². The van der Waals surface area contributed by atoms with E-state index in [1.807, 2.05) is 27.7 Å². The maximum Gasteiger partial charge on any atom is 0.497 e. The van der Waals surface area contributed by atoms with Crippen LogP contribution in [-0.4, -0.2) is 23.3 Å². The van der Waals surface area contributed by atoms with Crippen LogP contribution in [0.2, 0.25) is 0 Å². The van der Waals surface area contributed by atoms with E-state index in [2.05, 4.69) is 17.0 Å². The van der Waals surface area contributed by atoms with Gasteiger partial charge >= 0.3 is 7.12 Å². The number of aromatic nitrogens is 1. The molecule has 0 saturated carbocycles. The van der Waals surface area contributed by atoms with E-state index in [1.165, 1.54) is 0 Å². The Kier molecular flexibility index (Phi) is 3.60. The molecule has 2 heterocycles. The van der Waals surface area contributed by atoms with Gasteiger partial charge in [0, 0.05) is 11.7 Å². The number of hydrogen-bond acceptors (Lipinski definition) is 4. The first-order valence-corrected chi connectivity index (χ1v) is 6.49. The Morgan fingerprint density at radius 2 is 1.90 bits per heavy atom. The monoisotopic (exact) mass is 268 g/mol. The summed E-state index contributed by atoms with van der Waals surface area (Å²) < 4.78 is 11.9. The van der Waals surface area contributed by atoms with Gasteiger partial charge in [-0.05, 0) is 33.8 Å². The molecule has 1 aliphatic heterocycles. The van der Waals surface area contributed by atoms with Gasteiger partial charge in [0.2, 0.25) is 0 Å². The summed E-state index contributed by atoms with van der Waals surface area (Å²) in [6, 6.07) is 3.85. The molecule has 0 radical (unpaired) electrons. The fraction of sp³-hybridized carbons (Fsp3) is 0.467. The number of nitriles is 1. The quantitative estimate of drug-likeness (QED) is 0.601. The second-order valence-corrected chi connectivity index (χ2v) is 5.84. The summed E-state index contributed by atoms with van der Waals surface area (Å²) in [5.74, 6) is 2.52. The molecule has 0 amide bonds. The van der Waals surface area contributed by atoms with Crippen LogP contribution in [0.4, 0.5) is 0 Å². The summed E-state index contributed by atoms with van der Waals surface area (Å²) in [7, 11) is -0.581. The average molecular weight is 268 g/mol. The largest absolute Gasteiger partial charge is 0.497 e. The van der Waals surface area contributed by atoms with Crippen molar-refractivity contribution in [2.45, 2.75) is 45.3 Å². The molecular weight excluding hydrogens is 251 g/mol. The second-order valence-electron chi connectivity index (χ2n) is 5.84. The smallest absolute Gasteiger partial charge is 0.399 e. The van der Waals surface area contributed by atoms with Crippen molar-refractivity contribution < 1.29 is 9.31 Å². The molecule has 1 aromatic heterocycles. The third-order valence-corrected chi connectivity index (χ3v) is 3.90. The van der Waals surface area contributed by atoms with Crippen LogP contribution in [0.5, 0.6) is 0 Å². The molecule has 0 unspecified atom stereocenters. The number of rotatable bonds is 2. The molecule has 0 aliphatic carbocycles. The first-order valence-electron chi connectivity index (χ1n) is 6.49. The van der Waals surface area contributed by atoms with Crippen molar-refractivity contribution in [3.8, 4) is 18.4 Å². The molecular formula is C15H17BN2O2. The molecule has 20 heavy (non-hydrogen) atoms. The second kappa shape index (κ2) is 4.94. The SMILES string of the molecule is C#CCc1cc(C#N)c(B2OC(C)(C)C(C)(C)O2)cn1. The van der Waals surface area contributed by atoms with E-state index in [9.17, 15) is 5.26 Å². The predicted molar refractivity (Wildman–Crippen MR) is 77.2 cm³/mol. The zero-order valence-corrected chi connectivity index (χ0v) is 12.2. The number of terminal acetylenes is 1. The van der Waals surface area contributed by atoms with E-state index < -0.39 is 18.3 Å². The van der Waals surface area contributed by atoms with Gasteiger partial charge in [-0.1, -0.05) is 0 Å². The van der Waals surface area contributed by atoms with Crippen LogP contribution in [0.1, 0.15) is 39.0 Å². The van der Waals surface area contributed by atoms with E-state index >= 15 is 0 Å². The van der Waals surface area contributed by atoms with Gasteiger partial charge in [0.15, 0.2) is 0 Å². The fourth-order valence-electron chi connectivity index (χ4n) is 1.97. The van der Waals surface area contributed by atoms with Crippen molar-refractivity contribution in [2.75, 3.05) is 0 Å². The molecule has 1 saturated heterocycles. The zero-order chi connectivity index (χ0) is 15.0. The molecule has 0 bridgehead atoms. The zero-order valence-electron chi connectivity index (χ0n) is 12.2. The molecule has 1 fully saturated rings. The third-order valence-electron chi connectivity index (χ3n) is 3.90. The molecule has 1 aliphatic rings. The first kappa shape index (κ1) is 14.6. The van der Waals surface area contributed by atoms with E-state index in [0.717, 1.165) is 0 Å². The maximum absolute atomic E-state index is 9.29. The minimum Gasteiger partial charge on any atom is -0.399 e. The van der Waals surface area contributed by atoms with Crippen molar-refractivity contribution in [2.24, 2.45) is 0 Å². The van der Waals surface area contributed by atoms with Gasteiger partial charge in [0.05, 0.1) is 34.9 Å². The lowest BCUT2D eigenvalue weighted by molar-refractivity contribution is 0.00578. The Labute approximate surface area is 120 Å². The average Bonchev–Trinajstić information content (AvgIpc) is 2.58. The molecule has 5 heteroatoms. The summed E-state index contributed by atoms with van der Waals surface area (Å²) in [6.07, 6.45) is 7.28. The highest BCUT2D eigenvalue weighted by Crippen LogP contribution is 2.36. The molecule has 0 atom stereocenters. The van der Waals surface area contributed by atoms with E-state index in [4.69, 9.17) is 15.7 Å². The summed E-state index contributed by atoms with van der Waals surface area (Å²) in [5, 5.41) is 9.29. The Morgan fingerprint density at radius 1 is 1.30 bits per heavy atom. The standard InChI is InChI=1S/C15H17BN2O2/c1-6-7-12-8-11(9-17)13(10-18-12)16-19-14(2,3)15(4,5)20-16/h1,8,10H,7H2,2-5H3. The molecule has 0 spiro atoms. The van der Waals surface area contributed by atoms with E-state index in [0.29, 0.717) is 23.1 Å². The molecule has 0 aromatic carbocycles. The van der Waals surface area contributed by atoms with Crippen molar-refractivity contribution in [3.05, 3.63) is 23.5 Å². The first-order chi connectivity index (χ1) is 9.30. The van der Waals surface area contributed by atoms with Crippen LogP contribution in [0.3, 0.4) is 0 Å². The van der Waals surface area contributed by atoms with E-state index in [-0.39, 0.29) is 0 Å².